The first-order valence-corrected chi connectivity index (χ1v) is 14.3. The third-order valence-corrected chi connectivity index (χ3v) is 11.6. The number of hydrogen-bond acceptors (Lipinski definition) is 6. The third-order valence-electron chi connectivity index (χ3n) is 6.35. The average Bonchev–Trinajstić information content (AvgIpc) is 3.62. The topological polar surface area (TPSA) is 26.3 Å². The van der Waals surface area contributed by atoms with Crippen molar-refractivity contribution >= 4 is 95.1 Å². The molecule has 2 aromatic carbocycles. The van der Waals surface area contributed by atoms with Crippen molar-refractivity contribution in [1.82, 2.24) is 0 Å². The summed E-state index contributed by atoms with van der Waals surface area (Å²) in [5.41, 5.74) is 0. The number of furan rings is 2. The predicted octanol–water partition coefficient (Wildman–Crippen LogP) is 10.8. The first kappa shape index (κ1) is 19.4. The Hall–Kier alpha value is -2.90. The van der Waals surface area contributed by atoms with Gasteiger partial charge in [-0.3, -0.25) is 0 Å². The smallest absolute Gasteiger partial charge is 0.144 e. The summed E-state index contributed by atoms with van der Waals surface area (Å²) in [5, 5.41) is 5.31. The summed E-state index contributed by atoms with van der Waals surface area (Å²) in [6.45, 7) is 3.99. The molecule has 8 rings (SSSR count). The largest absolute Gasteiger partial charge is 0.461 e. The lowest BCUT2D eigenvalue weighted by atomic mass is 10.1. The van der Waals surface area contributed by atoms with Gasteiger partial charge < -0.3 is 8.83 Å². The average molecular weight is 513 g/mol. The summed E-state index contributed by atoms with van der Waals surface area (Å²) in [7, 11) is 0. The molecule has 2 nitrogen and oxygen atoms in total. The lowest BCUT2D eigenvalue weighted by Gasteiger charge is -1.94. The second-order valence-corrected chi connectivity index (χ2v) is 12.8. The van der Waals surface area contributed by atoms with E-state index in [0.29, 0.717) is 0 Å². The predicted molar refractivity (Wildman–Crippen MR) is 150 cm³/mol. The van der Waals surface area contributed by atoms with E-state index in [1.807, 2.05) is 71.3 Å². The number of hydrogen-bond donors (Lipinski definition) is 0. The number of fused-ring (bicyclic) bond motifs is 9. The first-order chi connectivity index (χ1) is 16.6. The maximum atomic E-state index is 5.90. The van der Waals surface area contributed by atoms with Crippen LogP contribution >= 0.6 is 45.3 Å². The van der Waals surface area contributed by atoms with E-state index in [1.165, 1.54) is 59.5 Å². The highest BCUT2D eigenvalue weighted by molar-refractivity contribution is 7.40. The summed E-state index contributed by atoms with van der Waals surface area (Å²) in [4.78, 5) is 2.39. The van der Waals surface area contributed by atoms with Crippen molar-refractivity contribution in [3.8, 4) is 21.3 Å². The Morgan fingerprint density at radius 2 is 0.912 bits per heavy atom. The molecule has 0 bridgehead atoms. The van der Waals surface area contributed by atoms with Gasteiger partial charge >= 0.3 is 0 Å². The molecule has 0 saturated heterocycles. The Morgan fingerprint density at radius 3 is 1.32 bits per heavy atom. The summed E-state index contributed by atoms with van der Waals surface area (Å²) in [6.07, 6.45) is 0. The Morgan fingerprint density at radius 1 is 0.471 bits per heavy atom. The number of rotatable bonds is 2. The minimum atomic E-state index is 0.950. The van der Waals surface area contributed by atoms with Crippen LogP contribution in [-0.4, -0.2) is 0 Å². The molecule has 0 amide bonds. The third kappa shape index (κ3) is 2.65. The van der Waals surface area contributed by atoms with Crippen LogP contribution in [0, 0.1) is 13.8 Å². The zero-order valence-electron chi connectivity index (χ0n) is 18.2. The van der Waals surface area contributed by atoms with Gasteiger partial charge in [-0.25, -0.2) is 0 Å². The van der Waals surface area contributed by atoms with Crippen molar-refractivity contribution in [3.63, 3.8) is 0 Å². The second-order valence-electron chi connectivity index (χ2n) is 8.63. The highest BCUT2D eigenvalue weighted by atomic mass is 32.1. The SMILES string of the molecule is Cc1ccc(-c2cc3ccc4c(sc5c6ccc7cc(-c8ccc(C)o8)sc7c6sc45)c3s2)o1. The van der Waals surface area contributed by atoms with Crippen molar-refractivity contribution in [2.24, 2.45) is 0 Å². The number of aryl methyl sites for hydroxylation is 2. The fourth-order valence-corrected chi connectivity index (χ4v) is 10.1. The highest BCUT2D eigenvalue weighted by Gasteiger charge is 2.19. The van der Waals surface area contributed by atoms with E-state index in [9.17, 15) is 0 Å². The molecule has 0 aliphatic rings. The van der Waals surface area contributed by atoms with E-state index in [1.54, 1.807) is 0 Å². The Balaban J connectivity index is 1.37. The van der Waals surface area contributed by atoms with Crippen LogP contribution in [0.4, 0.5) is 0 Å². The molecule has 0 spiro atoms. The summed E-state index contributed by atoms with van der Waals surface area (Å²) < 4.78 is 20.1. The van der Waals surface area contributed by atoms with Gasteiger partial charge in [0.25, 0.3) is 0 Å². The maximum absolute atomic E-state index is 5.90. The number of thiophene rings is 4. The van der Waals surface area contributed by atoms with Crippen LogP contribution in [0.3, 0.4) is 0 Å². The molecule has 8 aromatic rings. The highest BCUT2D eigenvalue weighted by Crippen LogP contribution is 2.51. The van der Waals surface area contributed by atoms with E-state index in [-0.39, 0.29) is 0 Å². The van der Waals surface area contributed by atoms with Crippen molar-refractivity contribution in [2.75, 3.05) is 0 Å². The van der Waals surface area contributed by atoms with Crippen LogP contribution in [0.1, 0.15) is 11.5 Å². The summed E-state index contributed by atoms with van der Waals surface area (Å²) in [5.74, 6) is 3.81. The Bertz CT molecular complexity index is 1900. The maximum Gasteiger partial charge on any atom is 0.144 e. The van der Waals surface area contributed by atoms with Crippen LogP contribution < -0.4 is 0 Å². The molecular formula is C28H16O2S4. The minimum absolute atomic E-state index is 0.950. The van der Waals surface area contributed by atoms with E-state index in [4.69, 9.17) is 8.83 Å². The standard InChI is InChI=1S/C28H16O2S4/c1-13-3-9-19(29-13)21-11-15-5-7-17-25(23(15)31-21)33-28-18-8-6-16-12-22(20-10-4-14(2)30-20)32-24(16)26(18)34-27(17)28/h3-12H,1-2H3. The lowest BCUT2D eigenvalue weighted by molar-refractivity contribution is 0.549. The van der Waals surface area contributed by atoms with Crippen molar-refractivity contribution in [2.45, 2.75) is 13.8 Å². The van der Waals surface area contributed by atoms with E-state index < -0.39 is 0 Å². The zero-order valence-corrected chi connectivity index (χ0v) is 21.5. The van der Waals surface area contributed by atoms with Crippen LogP contribution in [-0.2, 0) is 0 Å². The molecule has 0 radical (unpaired) electrons. The monoisotopic (exact) mass is 512 g/mol. The normalized spacial score (nSPS) is 12.4. The van der Waals surface area contributed by atoms with Gasteiger partial charge in [0.2, 0.25) is 0 Å². The Labute approximate surface area is 210 Å². The zero-order chi connectivity index (χ0) is 22.6. The van der Waals surface area contributed by atoms with E-state index in [2.05, 4.69) is 48.5 Å². The van der Waals surface area contributed by atoms with Gasteiger partial charge in [0, 0.05) is 10.8 Å². The minimum Gasteiger partial charge on any atom is -0.461 e. The van der Waals surface area contributed by atoms with E-state index in [0.717, 1.165) is 23.0 Å². The van der Waals surface area contributed by atoms with Gasteiger partial charge in [0.05, 0.1) is 38.0 Å². The molecule has 0 N–H and O–H groups in total. The van der Waals surface area contributed by atoms with E-state index >= 15 is 0 Å². The molecule has 0 aliphatic heterocycles. The van der Waals surface area contributed by atoms with Gasteiger partial charge in [-0.2, -0.15) is 0 Å². The molecule has 0 fully saturated rings. The fraction of sp³-hybridized carbons (Fsp3) is 0.0714. The van der Waals surface area contributed by atoms with Crippen LogP contribution in [0.5, 0.6) is 0 Å². The molecular weight excluding hydrogens is 497 g/mol. The van der Waals surface area contributed by atoms with Crippen molar-refractivity contribution in [3.05, 3.63) is 72.2 Å². The summed E-state index contributed by atoms with van der Waals surface area (Å²) >= 11 is 7.54. The van der Waals surface area contributed by atoms with Gasteiger partial charge in [-0.15, -0.1) is 45.3 Å². The molecule has 0 saturated carbocycles. The number of benzene rings is 2. The molecule has 34 heavy (non-hydrogen) atoms. The van der Waals surface area contributed by atoms with Gasteiger partial charge in [0.1, 0.15) is 23.0 Å². The summed E-state index contributed by atoms with van der Waals surface area (Å²) in [6, 6.07) is 21.9. The van der Waals surface area contributed by atoms with Crippen molar-refractivity contribution < 1.29 is 8.83 Å². The quantitative estimate of drug-likeness (QED) is 0.230. The molecule has 164 valence electrons. The molecule has 0 atom stereocenters. The van der Waals surface area contributed by atoms with Crippen molar-refractivity contribution in [1.29, 1.82) is 0 Å². The molecule has 6 aromatic heterocycles. The molecule has 0 aliphatic carbocycles. The lowest BCUT2D eigenvalue weighted by Crippen LogP contribution is -1.64. The van der Waals surface area contributed by atoms with Crippen LogP contribution in [0.15, 0.2) is 69.5 Å². The molecule has 6 heterocycles. The fourth-order valence-electron chi connectivity index (χ4n) is 4.74. The Kier molecular flexibility index (Phi) is 3.90. The first-order valence-electron chi connectivity index (χ1n) is 11.0. The second kappa shape index (κ2) is 6.83. The van der Waals surface area contributed by atoms with Crippen LogP contribution in [0.25, 0.3) is 71.0 Å². The van der Waals surface area contributed by atoms with Crippen LogP contribution in [0.2, 0.25) is 0 Å². The molecule has 6 heteroatoms. The van der Waals surface area contributed by atoms with Gasteiger partial charge in [0.15, 0.2) is 0 Å². The van der Waals surface area contributed by atoms with Gasteiger partial charge in [-0.05, 0) is 61.0 Å². The van der Waals surface area contributed by atoms with Gasteiger partial charge in [-0.1, -0.05) is 24.3 Å². The molecule has 0 unspecified atom stereocenters.